The van der Waals surface area contributed by atoms with E-state index in [1.807, 2.05) is 19.1 Å². The Morgan fingerprint density at radius 3 is 2.36 bits per heavy atom. The third-order valence-electron chi connectivity index (χ3n) is 1.46. The van der Waals surface area contributed by atoms with Crippen molar-refractivity contribution < 1.29 is 4.79 Å². The summed E-state index contributed by atoms with van der Waals surface area (Å²) in [5, 5.41) is 0. The van der Waals surface area contributed by atoms with Gasteiger partial charge in [-0.1, -0.05) is 31.1 Å². The molecule has 0 N–H and O–H groups in total. The van der Waals surface area contributed by atoms with E-state index in [9.17, 15) is 4.79 Å². The molecule has 0 radical (unpaired) electrons. The van der Waals surface area contributed by atoms with E-state index in [-0.39, 0.29) is 0 Å². The second kappa shape index (κ2) is 5.90. The minimum absolute atomic E-state index is 0.778. The molecule has 1 heteroatoms. The van der Waals surface area contributed by atoms with Crippen LogP contribution in [0.15, 0.2) is 23.3 Å². The zero-order valence-electron chi connectivity index (χ0n) is 7.55. The Labute approximate surface area is 68.8 Å². The Morgan fingerprint density at radius 1 is 1.27 bits per heavy atom. The summed E-state index contributed by atoms with van der Waals surface area (Å²) in [6, 6.07) is 0. The second-order valence-corrected chi connectivity index (χ2v) is 2.79. The molecule has 0 saturated heterocycles. The quantitative estimate of drug-likeness (QED) is 0.344. The van der Waals surface area contributed by atoms with Crippen molar-refractivity contribution >= 4 is 6.29 Å². The maximum Gasteiger partial charge on any atom is 0.145 e. The fourth-order valence-corrected chi connectivity index (χ4v) is 0.791. The van der Waals surface area contributed by atoms with E-state index in [2.05, 4.69) is 13.8 Å². The van der Waals surface area contributed by atoms with Gasteiger partial charge in [0.1, 0.15) is 6.29 Å². The van der Waals surface area contributed by atoms with Gasteiger partial charge < -0.3 is 0 Å². The standard InChI is InChI=1S/C10H16O/c1-4-5-9(2)6-7-10(3)8-11/h6-8H,4-5H2,1-3H3/b9-6-,10-7+. The first-order chi connectivity index (χ1) is 5.20. The molecular weight excluding hydrogens is 136 g/mol. The number of carbonyl (C=O) groups excluding carboxylic acids is 1. The van der Waals surface area contributed by atoms with E-state index in [0.717, 1.165) is 24.7 Å². The average molecular weight is 152 g/mol. The molecule has 0 aliphatic carbocycles. The molecule has 62 valence electrons. The first-order valence-corrected chi connectivity index (χ1v) is 4.00. The Bertz CT molecular complexity index is 175. The van der Waals surface area contributed by atoms with Crippen molar-refractivity contribution in [1.29, 1.82) is 0 Å². The van der Waals surface area contributed by atoms with E-state index < -0.39 is 0 Å². The molecule has 0 aromatic carbocycles. The third-order valence-corrected chi connectivity index (χ3v) is 1.46. The van der Waals surface area contributed by atoms with Crippen molar-refractivity contribution in [1.82, 2.24) is 0 Å². The van der Waals surface area contributed by atoms with Crippen molar-refractivity contribution in [2.45, 2.75) is 33.6 Å². The summed E-state index contributed by atoms with van der Waals surface area (Å²) >= 11 is 0. The number of hydrogen-bond donors (Lipinski definition) is 0. The van der Waals surface area contributed by atoms with Crippen molar-refractivity contribution in [2.24, 2.45) is 0 Å². The van der Waals surface area contributed by atoms with Crippen LogP contribution in [-0.4, -0.2) is 6.29 Å². The van der Waals surface area contributed by atoms with E-state index in [0.29, 0.717) is 0 Å². The van der Waals surface area contributed by atoms with E-state index in [1.54, 1.807) is 0 Å². The van der Waals surface area contributed by atoms with Gasteiger partial charge in [0.25, 0.3) is 0 Å². The van der Waals surface area contributed by atoms with Gasteiger partial charge in [0.05, 0.1) is 0 Å². The van der Waals surface area contributed by atoms with Crippen LogP contribution in [0.1, 0.15) is 33.6 Å². The molecule has 0 atom stereocenters. The molecule has 0 bridgehead atoms. The third kappa shape index (κ3) is 5.59. The number of hydrogen-bond acceptors (Lipinski definition) is 1. The summed E-state index contributed by atoms with van der Waals surface area (Å²) in [7, 11) is 0. The molecule has 0 rings (SSSR count). The second-order valence-electron chi connectivity index (χ2n) is 2.79. The Balaban J connectivity index is 3.99. The van der Waals surface area contributed by atoms with Crippen LogP contribution in [0, 0.1) is 0 Å². The molecule has 0 amide bonds. The van der Waals surface area contributed by atoms with Crippen molar-refractivity contribution in [3.63, 3.8) is 0 Å². The number of aldehydes is 1. The fraction of sp³-hybridized carbons (Fsp3) is 0.500. The first-order valence-electron chi connectivity index (χ1n) is 4.00. The lowest BCUT2D eigenvalue weighted by molar-refractivity contribution is -0.104. The van der Waals surface area contributed by atoms with Gasteiger partial charge in [-0.25, -0.2) is 0 Å². The SMILES string of the molecule is CCC/C(C)=C\C=C(/C)C=O. The number of rotatable bonds is 4. The molecule has 0 fully saturated rings. The zero-order chi connectivity index (χ0) is 8.69. The lowest BCUT2D eigenvalue weighted by Gasteiger charge is -1.93. The van der Waals surface area contributed by atoms with Crippen LogP contribution >= 0.6 is 0 Å². The summed E-state index contributed by atoms with van der Waals surface area (Å²) in [6.45, 7) is 6.04. The van der Waals surface area contributed by atoms with Gasteiger partial charge in [0.2, 0.25) is 0 Å². The number of carbonyl (C=O) groups is 1. The van der Waals surface area contributed by atoms with Crippen LogP contribution in [0.3, 0.4) is 0 Å². The Kier molecular flexibility index (Phi) is 5.44. The molecule has 0 spiro atoms. The first kappa shape index (κ1) is 10.2. The van der Waals surface area contributed by atoms with Crippen LogP contribution in [0.5, 0.6) is 0 Å². The zero-order valence-corrected chi connectivity index (χ0v) is 7.55. The van der Waals surface area contributed by atoms with Gasteiger partial charge in [0, 0.05) is 0 Å². The molecule has 11 heavy (non-hydrogen) atoms. The van der Waals surface area contributed by atoms with Crippen LogP contribution < -0.4 is 0 Å². The molecular formula is C10H16O. The lowest BCUT2D eigenvalue weighted by atomic mass is 10.1. The summed E-state index contributed by atoms with van der Waals surface area (Å²) in [5.41, 5.74) is 2.11. The van der Waals surface area contributed by atoms with Crippen LogP contribution in [-0.2, 0) is 4.79 Å². The smallest absolute Gasteiger partial charge is 0.145 e. The monoisotopic (exact) mass is 152 g/mol. The molecule has 0 saturated carbocycles. The molecule has 0 aliphatic heterocycles. The Morgan fingerprint density at radius 2 is 1.91 bits per heavy atom. The maximum atomic E-state index is 10.2. The van der Waals surface area contributed by atoms with Gasteiger partial charge in [-0.2, -0.15) is 0 Å². The van der Waals surface area contributed by atoms with E-state index in [4.69, 9.17) is 0 Å². The van der Waals surface area contributed by atoms with Crippen molar-refractivity contribution in [3.05, 3.63) is 23.3 Å². The predicted molar refractivity (Wildman–Crippen MR) is 48.5 cm³/mol. The highest BCUT2D eigenvalue weighted by Crippen LogP contribution is 2.03. The lowest BCUT2D eigenvalue weighted by Crippen LogP contribution is -1.76. The van der Waals surface area contributed by atoms with Crippen LogP contribution in [0.25, 0.3) is 0 Å². The highest BCUT2D eigenvalue weighted by molar-refractivity contribution is 5.72. The summed E-state index contributed by atoms with van der Waals surface area (Å²) < 4.78 is 0. The van der Waals surface area contributed by atoms with Crippen LogP contribution in [0.2, 0.25) is 0 Å². The fourth-order valence-electron chi connectivity index (χ4n) is 0.791. The average Bonchev–Trinajstić information content (AvgIpc) is 2.01. The van der Waals surface area contributed by atoms with Crippen molar-refractivity contribution in [3.8, 4) is 0 Å². The minimum atomic E-state index is 0.778. The highest BCUT2D eigenvalue weighted by atomic mass is 16.1. The van der Waals surface area contributed by atoms with Gasteiger partial charge in [0.15, 0.2) is 0 Å². The van der Waals surface area contributed by atoms with Gasteiger partial charge in [-0.05, 0) is 25.8 Å². The predicted octanol–water partition coefficient (Wildman–Crippen LogP) is 2.88. The molecule has 0 aromatic heterocycles. The summed E-state index contributed by atoms with van der Waals surface area (Å²) in [4.78, 5) is 10.2. The largest absolute Gasteiger partial charge is 0.298 e. The molecule has 0 heterocycles. The van der Waals surface area contributed by atoms with Gasteiger partial charge in [-0.3, -0.25) is 4.79 Å². The van der Waals surface area contributed by atoms with Gasteiger partial charge in [-0.15, -0.1) is 0 Å². The number of allylic oxidation sites excluding steroid dienone is 4. The highest BCUT2D eigenvalue weighted by Gasteiger charge is 1.85. The molecule has 1 nitrogen and oxygen atoms in total. The molecule has 0 aromatic rings. The summed E-state index contributed by atoms with van der Waals surface area (Å²) in [5.74, 6) is 0. The topological polar surface area (TPSA) is 17.1 Å². The summed E-state index contributed by atoms with van der Waals surface area (Å²) in [6.07, 6.45) is 7.01. The van der Waals surface area contributed by atoms with Crippen molar-refractivity contribution in [2.75, 3.05) is 0 Å². The molecule has 0 aliphatic rings. The normalized spacial score (nSPS) is 13.4. The maximum absolute atomic E-state index is 10.2. The Hall–Kier alpha value is -0.850. The van der Waals surface area contributed by atoms with E-state index >= 15 is 0 Å². The van der Waals surface area contributed by atoms with Gasteiger partial charge >= 0.3 is 0 Å². The minimum Gasteiger partial charge on any atom is -0.298 e. The van der Waals surface area contributed by atoms with E-state index in [1.165, 1.54) is 5.57 Å². The molecule has 0 unspecified atom stereocenters. The van der Waals surface area contributed by atoms with Crippen LogP contribution in [0.4, 0.5) is 0 Å².